The molecule has 0 saturated carbocycles. The molecule has 1 aliphatic heterocycles. The summed E-state index contributed by atoms with van der Waals surface area (Å²) in [7, 11) is 0. The van der Waals surface area contributed by atoms with Crippen LogP contribution in [0.4, 0.5) is 5.69 Å². The number of carbonyl (C=O) groups is 2. The molecule has 1 heterocycles. The van der Waals surface area contributed by atoms with E-state index in [2.05, 4.69) is 13.8 Å². The summed E-state index contributed by atoms with van der Waals surface area (Å²) in [6.07, 6.45) is 3.85. The number of ether oxygens (including phenoxy) is 1. The zero-order chi connectivity index (χ0) is 18.6. The number of hydrogen-bond donors (Lipinski definition) is 2. The molecule has 0 radical (unpaired) electrons. The average molecular weight is 345 g/mol. The largest absolute Gasteiger partial charge is 0.478 e. The van der Waals surface area contributed by atoms with Gasteiger partial charge in [0, 0.05) is 29.7 Å². The van der Waals surface area contributed by atoms with Crippen LogP contribution in [0.15, 0.2) is 36.4 Å². The minimum atomic E-state index is -0.959. The number of aliphatic carboxylic acids is 1. The van der Waals surface area contributed by atoms with Gasteiger partial charge in [-0.1, -0.05) is 26.8 Å². The van der Waals surface area contributed by atoms with Crippen molar-refractivity contribution in [3.63, 3.8) is 0 Å². The zero-order valence-corrected chi connectivity index (χ0v) is 15.0. The Kier molecular flexibility index (Phi) is 6.37. The van der Waals surface area contributed by atoms with E-state index in [9.17, 15) is 9.59 Å². The third-order valence-electron chi connectivity index (χ3n) is 4.95. The number of nitrogen functional groups attached to an aromatic ring is 1. The van der Waals surface area contributed by atoms with Gasteiger partial charge in [-0.2, -0.15) is 0 Å². The SMILES string of the molecule is C[C@@H]1C[C@@H](C)[C@H](CC(=O)c2ccc(N)cc2)O[C@@H]1[C@@H](C)C=CC(=O)O. The molecule has 2 rings (SSSR count). The first kappa shape index (κ1) is 19.2. The lowest BCUT2D eigenvalue weighted by Gasteiger charge is -2.41. The van der Waals surface area contributed by atoms with Gasteiger partial charge >= 0.3 is 5.97 Å². The monoisotopic (exact) mass is 345 g/mol. The summed E-state index contributed by atoms with van der Waals surface area (Å²) in [5, 5.41) is 8.80. The van der Waals surface area contributed by atoms with Gasteiger partial charge in [0.1, 0.15) is 0 Å². The minimum absolute atomic E-state index is 0.0206. The van der Waals surface area contributed by atoms with Crippen LogP contribution in [0.1, 0.15) is 44.0 Å². The number of carboxylic acid groups (broad SMARTS) is 1. The normalized spacial score (nSPS) is 28.0. The lowest BCUT2D eigenvalue weighted by atomic mass is 9.80. The molecule has 0 bridgehead atoms. The molecule has 0 aliphatic carbocycles. The standard InChI is InChI=1S/C20H27NO4/c1-12(4-9-19(23)24)20-14(3)10-13(2)18(25-20)11-17(22)15-5-7-16(21)8-6-15/h4-9,12-14,18,20H,10-11,21H2,1-3H3,(H,23,24)/t12-,13+,14+,18-,20+/m0/s1. The number of benzene rings is 1. The molecule has 0 amide bonds. The Balaban J connectivity index is 2.05. The molecule has 3 N–H and O–H groups in total. The van der Waals surface area contributed by atoms with E-state index in [1.54, 1.807) is 30.3 Å². The van der Waals surface area contributed by atoms with Crippen molar-refractivity contribution in [3.05, 3.63) is 42.0 Å². The van der Waals surface area contributed by atoms with Crippen molar-refractivity contribution >= 4 is 17.4 Å². The van der Waals surface area contributed by atoms with Gasteiger partial charge in [0.05, 0.1) is 12.2 Å². The minimum Gasteiger partial charge on any atom is -0.478 e. The number of carbonyl (C=O) groups excluding carboxylic acids is 1. The van der Waals surface area contributed by atoms with Crippen LogP contribution in [-0.4, -0.2) is 29.1 Å². The predicted molar refractivity (Wildman–Crippen MR) is 97.3 cm³/mol. The second-order valence-corrected chi connectivity index (χ2v) is 7.14. The fraction of sp³-hybridized carbons (Fsp3) is 0.500. The molecule has 1 fully saturated rings. The summed E-state index contributed by atoms with van der Waals surface area (Å²) in [6.45, 7) is 6.17. The maximum atomic E-state index is 12.5. The van der Waals surface area contributed by atoms with E-state index in [4.69, 9.17) is 15.6 Å². The average Bonchev–Trinajstić information content (AvgIpc) is 2.55. The molecule has 1 aromatic rings. The molecule has 1 aromatic carbocycles. The van der Waals surface area contributed by atoms with E-state index in [1.165, 1.54) is 0 Å². The Morgan fingerprint density at radius 1 is 1.28 bits per heavy atom. The number of anilines is 1. The molecule has 5 atom stereocenters. The Hall–Kier alpha value is -2.14. The van der Waals surface area contributed by atoms with Gasteiger partial charge in [-0.05, 0) is 42.5 Å². The van der Waals surface area contributed by atoms with Gasteiger partial charge < -0.3 is 15.6 Å². The zero-order valence-electron chi connectivity index (χ0n) is 15.0. The summed E-state index contributed by atoms with van der Waals surface area (Å²) in [6, 6.07) is 6.93. The van der Waals surface area contributed by atoms with E-state index in [0.29, 0.717) is 23.6 Å². The Labute approximate surface area is 148 Å². The van der Waals surface area contributed by atoms with Crippen LogP contribution in [0.2, 0.25) is 0 Å². The molecule has 1 saturated heterocycles. The topological polar surface area (TPSA) is 89.6 Å². The van der Waals surface area contributed by atoms with Crippen LogP contribution in [0.5, 0.6) is 0 Å². The van der Waals surface area contributed by atoms with Crippen molar-refractivity contribution in [2.24, 2.45) is 17.8 Å². The molecular weight excluding hydrogens is 318 g/mol. The quantitative estimate of drug-likeness (QED) is 0.467. The third-order valence-corrected chi connectivity index (χ3v) is 4.95. The molecule has 1 aliphatic rings. The first-order chi connectivity index (χ1) is 11.8. The Morgan fingerprint density at radius 3 is 2.52 bits per heavy atom. The summed E-state index contributed by atoms with van der Waals surface area (Å²) >= 11 is 0. The Bertz CT molecular complexity index is 638. The van der Waals surface area contributed by atoms with Gasteiger partial charge in [-0.3, -0.25) is 4.79 Å². The molecule has 0 aromatic heterocycles. The summed E-state index contributed by atoms with van der Waals surface area (Å²) in [4.78, 5) is 23.3. The molecule has 5 nitrogen and oxygen atoms in total. The second kappa shape index (κ2) is 8.30. The number of nitrogens with two attached hydrogens (primary N) is 1. The number of rotatable bonds is 6. The summed E-state index contributed by atoms with van der Waals surface area (Å²) < 4.78 is 6.23. The van der Waals surface area contributed by atoms with Crippen LogP contribution >= 0.6 is 0 Å². The molecule has 25 heavy (non-hydrogen) atoms. The molecule has 0 unspecified atom stereocenters. The van der Waals surface area contributed by atoms with Crippen LogP contribution < -0.4 is 5.73 Å². The van der Waals surface area contributed by atoms with Crippen molar-refractivity contribution < 1.29 is 19.4 Å². The van der Waals surface area contributed by atoms with Gasteiger partial charge in [-0.25, -0.2) is 4.79 Å². The van der Waals surface area contributed by atoms with Crippen molar-refractivity contribution in [1.29, 1.82) is 0 Å². The summed E-state index contributed by atoms with van der Waals surface area (Å²) in [5.74, 6) is -0.351. The van der Waals surface area contributed by atoms with Crippen molar-refractivity contribution in [3.8, 4) is 0 Å². The van der Waals surface area contributed by atoms with Gasteiger partial charge in [0.2, 0.25) is 0 Å². The maximum Gasteiger partial charge on any atom is 0.327 e. The highest BCUT2D eigenvalue weighted by Crippen LogP contribution is 2.35. The van der Waals surface area contributed by atoms with E-state index >= 15 is 0 Å². The van der Waals surface area contributed by atoms with Crippen molar-refractivity contribution in [1.82, 2.24) is 0 Å². The summed E-state index contributed by atoms with van der Waals surface area (Å²) in [5.41, 5.74) is 6.93. The molecule has 136 valence electrons. The molecule has 0 spiro atoms. The van der Waals surface area contributed by atoms with E-state index in [-0.39, 0.29) is 29.8 Å². The van der Waals surface area contributed by atoms with E-state index < -0.39 is 5.97 Å². The van der Waals surface area contributed by atoms with Crippen molar-refractivity contribution in [2.75, 3.05) is 5.73 Å². The predicted octanol–water partition coefficient (Wildman–Crippen LogP) is 3.55. The molecule has 5 heteroatoms. The first-order valence-electron chi connectivity index (χ1n) is 8.73. The number of carboxylic acids is 1. The first-order valence-corrected chi connectivity index (χ1v) is 8.73. The lowest BCUT2D eigenvalue weighted by Crippen LogP contribution is -2.43. The fourth-order valence-electron chi connectivity index (χ4n) is 3.55. The van der Waals surface area contributed by atoms with Crippen molar-refractivity contribution in [2.45, 2.75) is 45.8 Å². The highest BCUT2D eigenvalue weighted by molar-refractivity contribution is 5.96. The highest BCUT2D eigenvalue weighted by atomic mass is 16.5. The fourth-order valence-corrected chi connectivity index (χ4v) is 3.55. The number of hydrogen-bond acceptors (Lipinski definition) is 4. The van der Waals surface area contributed by atoms with E-state index in [0.717, 1.165) is 12.5 Å². The van der Waals surface area contributed by atoms with Gasteiger partial charge in [0.15, 0.2) is 5.78 Å². The van der Waals surface area contributed by atoms with Gasteiger partial charge in [-0.15, -0.1) is 0 Å². The van der Waals surface area contributed by atoms with Crippen LogP contribution in [-0.2, 0) is 9.53 Å². The highest BCUT2D eigenvalue weighted by Gasteiger charge is 2.36. The Morgan fingerprint density at radius 2 is 1.92 bits per heavy atom. The lowest BCUT2D eigenvalue weighted by molar-refractivity contribution is -0.131. The number of ketones is 1. The second-order valence-electron chi connectivity index (χ2n) is 7.14. The van der Waals surface area contributed by atoms with Crippen LogP contribution in [0, 0.1) is 17.8 Å². The van der Waals surface area contributed by atoms with Gasteiger partial charge in [0.25, 0.3) is 0 Å². The smallest absolute Gasteiger partial charge is 0.327 e. The third kappa shape index (κ3) is 5.16. The van der Waals surface area contributed by atoms with E-state index in [1.807, 2.05) is 6.92 Å². The molecular formula is C20H27NO4. The number of Topliss-reactive ketones (excluding diaryl/α,β-unsaturated/α-hetero) is 1. The van der Waals surface area contributed by atoms with Crippen LogP contribution in [0.25, 0.3) is 0 Å². The maximum absolute atomic E-state index is 12.5. The van der Waals surface area contributed by atoms with Crippen LogP contribution in [0.3, 0.4) is 0 Å².